The normalized spacial score (nSPS) is 11.9. The number of hydrogen-bond donors (Lipinski definition) is 4. The third-order valence-electron chi connectivity index (χ3n) is 5.73. The molecule has 8 nitrogen and oxygen atoms in total. The number of halogens is 2. The van der Waals surface area contributed by atoms with Crippen molar-refractivity contribution in [3.63, 3.8) is 0 Å². The molecule has 0 aliphatic heterocycles. The van der Waals surface area contributed by atoms with Gasteiger partial charge in [0.1, 0.15) is 11.5 Å². The monoisotopic (exact) mass is 592 g/mol. The molecule has 0 aliphatic carbocycles. The molecule has 0 atom stereocenters. The summed E-state index contributed by atoms with van der Waals surface area (Å²) in [6, 6.07) is 20.7. The van der Waals surface area contributed by atoms with Crippen LogP contribution in [0.4, 0.5) is 11.4 Å². The van der Waals surface area contributed by atoms with Crippen LogP contribution in [0.3, 0.4) is 0 Å². The first-order chi connectivity index (χ1) is 17.9. The highest BCUT2D eigenvalue weighted by molar-refractivity contribution is 7.93. The van der Waals surface area contributed by atoms with E-state index in [1.165, 1.54) is 48.5 Å². The maximum absolute atomic E-state index is 12.8. The van der Waals surface area contributed by atoms with Gasteiger partial charge in [-0.2, -0.15) is 0 Å². The SMILES string of the molecule is CC(c1cc(NS(=O)(=O)c2ccccc2)cc(Cl)c1O)c1cc(NS(=O)(=O)c2ccccc2)cc(Cl)c1O. The first-order valence-electron chi connectivity index (χ1n) is 11.1. The second-order valence-corrected chi connectivity index (χ2v) is 12.5. The molecule has 0 bridgehead atoms. The van der Waals surface area contributed by atoms with Gasteiger partial charge in [-0.3, -0.25) is 9.44 Å². The van der Waals surface area contributed by atoms with E-state index in [1.54, 1.807) is 43.3 Å². The number of rotatable bonds is 8. The zero-order chi connectivity index (χ0) is 27.7. The van der Waals surface area contributed by atoms with E-state index in [4.69, 9.17) is 23.2 Å². The molecule has 4 aromatic rings. The van der Waals surface area contributed by atoms with Gasteiger partial charge in [-0.05, 0) is 48.5 Å². The van der Waals surface area contributed by atoms with Gasteiger partial charge in [-0.15, -0.1) is 0 Å². The summed E-state index contributed by atoms with van der Waals surface area (Å²) in [7, 11) is -7.91. The Labute approximate surface area is 230 Å². The van der Waals surface area contributed by atoms with Crippen molar-refractivity contribution in [1.82, 2.24) is 0 Å². The standard InChI is InChI=1S/C26H22Cl2N2O6S2/c1-16(21-12-17(14-23(27)25(21)31)29-37(33,34)19-8-4-2-5-9-19)22-13-18(15-24(28)26(22)32)30-38(35,36)20-10-6-3-7-11-20/h2-16,29-32H,1H3. The average molecular weight is 594 g/mol. The molecule has 198 valence electrons. The van der Waals surface area contributed by atoms with Crippen molar-refractivity contribution >= 4 is 54.6 Å². The molecule has 4 rings (SSSR count). The van der Waals surface area contributed by atoms with Crippen molar-refractivity contribution in [2.75, 3.05) is 9.44 Å². The number of sulfonamides is 2. The van der Waals surface area contributed by atoms with Crippen LogP contribution in [-0.2, 0) is 20.0 Å². The fourth-order valence-corrected chi connectivity index (χ4v) is 6.39. The minimum atomic E-state index is -3.96. The number of anilines is 2. The lowest BCUT2D eigenvalue weighted by atomic mass is 9.91. The highest BCUT2D eigenvalue weighted by Crippen LogP contribution is 2.44. The van der Waals surface area contributed by atoms with Crippen LogP contribution in [0.15, 0.2) is 94.7 Å². The Hall–Kier alpha value is -3.44. The topological polar surface area (TPSA) is 133 Å². The Morgan fingerprint density at radius 2 is 0.974 bits per heavy atom. The van der Waals surface area contributed by atoms with E-state index in [2.05, 4.69) is 9.44 Å². The summed E-state index contributed by atoms with van der Waals surface area (Å²) >= 11 is 12.4. The lowest BCUT2D eigenvalue weighted by Crippen LogP contribution is -2.14. The van der Waals surface area contributed by atoms with Crippen molar-refractivity contribution in [3.05, 3.63) is 106 Å². The summed E-state index contributed by atoms with van der Waals surface area (Å²) in [5, 5.41) is 21.1. The molecule has 4 N–H and O–H groups in total. The van der Waals surface area contributed by atoms with Crippen LogP contribution in [0.5, 0.6) is 11.5 Å². The molecule has 0 radical (unpaired) electrons. The van der Waals surface area contributed by atoms with Gasteiger partial charge in [-0.25, -0.2) is 16.8 Å². The maximum Gasteiger partial charge on any atom is 0.261 e. The minimum Gasteiger partial charge on any atom is -0.506 e. The fraction of sp³-hybridized carbons (Fsp3) is 0.0769. The summed E-state index contributed by atoms with van der Waals surface area (Å²) < 4.78 is 56.1. The maximum atomic E-state index is 12.8. The number of phenols is 2. The molecule has 0 heterocycles. The molecule has 0 spiro atoms. The zero-order valence-corrected chi connectivity index (χ0v) is 22.9. The predicted octanol–water partition coefficient (Wildman–Crippen LogP) is 6.16. The van der Waals surface area contributed by atoms with Crippen LogP contribution < -0.4 is 9.44 Å². The van der Waals surface area contributed by atoms with Gasteiger partial charge in [-0.1, -0.05) is 66.5 Å². The molecule has 0 saturated heterocycles. The van der Waals surface area contributed by atoms with Crippen LogP contribution in [-0.4, -0.2) is 27.0 Å². The predicted molar refractivity (Wildman–Crippen MR) is 148 cm³/mol. The van der Waals surface area contributed by atoms with Crippen LogP contribution in [0.2, 0.25) is 10.0 Å². The van der Waals surface area contributed by atoms with Gasteiger partial charge in [0, 0.05) is 17.0 Å². The van der Waals surface area contributed by atoms with Gasteiger partial charge in [0.15, 0.2) is 0 Å². The molecule has 0 fully saturated rings. The van der Waals surface area contributed by atoms with E-state index >= 15 is 0 Å². The Kier molecular flexibility index (Phi) is 7.80. The number of aromatic hydroxyl groups is 2. The van der Waals surface area contributed by atoms with Crippen LogP contribution in [0.25, 0.3) is 0 Å². The minimum absolute atomic E-state index is 0.0293. The first kappa shape index (κ1) is 27.6. The molecule has 0 saturated carbocycles. The average Bonchev–Trinajstić information content (AvgIpc) is 2.88. The third-order valence-corrected chi connectivity index (χ3v) is 9.10. The van der Waals surface area contributed by atoms with Gasteiger partial charge >= 0.3 is 0 Å². The molecule has 0 unspecified atom stereocenters. The van der Waals surface area contributed by atoms with Crippen molar-refractivity contribution in [2.45, 2.75) is 22.6 Å². The number of phenolic OH excluding ortho intramolecular Hbond substituents is 2. The zero-order valence-electron chi connectivity index (χ0n) is 19.8. The lowest BCUT2D eigenvalue weighted by Gasteiger charge is -2.20. The number of nitrogens with one attached hydrogen (secondary N) is 2. The van der Waals surface area contributed by atoms with Crippen molar-refractivity contribution in [1.29, 1.82) is 0 Å². The van der Waals surface area contributed by atoms with Gasteiger partial charge in [0.05, 0.1) is 31.2 Å². The van der Waals surface area contributed by atoms with Gasteiger partial charge in [0.25, 0.3) is 20.0 Å². The lowest BCUT2D eigenvalue weighted by molar-refractivity contribution is 0.457. The highest BCUT2D eigenvalue weighted by atomic mass is 35.5. The molecule has 4 aromatic carbocycles. The molecule has 0 aromatic heterocycles. The largest absolute Gasteiger partial charge is 0.506 e. The Bertz CT molecular complexity index is 1570. The van der Waals surface area contributed by atoms with Crippen LogP contribution in [0.1, 0.15) is 24.0 Å². The number of hydrogen-bond acceptors (Lipinski definition) is 6. The van der Waals surface area contributed by atoms with Crippen molar-refractivity contribution in [3.8, 4) is 11.5 Å². The highest BCUT2D eigenvalue weighted by Gasteiger charge is 2.24. The van der Waals surface area contributed by atoms with E-state index in [9.17, 15) is 27.0 Å². The fourth-order valence-electron chi connectivity index (χ4n) is 3.81. The summed E-state index contributed by atoms with van der Waals surface area (Å²) in [6.07, 6.45) is 0. The summed E-state index contributed by atoms with van der Waals surface area (Å²) in [5.74, 6) is -1.48. The smallest absolute Gasteiger partial charge is 0.261 e. The van der Waals surface area contributed by atoms with Gasteiger partial charge in [0.2, 0.25) is 0 Å². The molecular formula is C26H22Cl2N2O6S2. The second-order valence-electron chi connectivity index (χ2n) is 8.35. The third kappa shape index (κ3) is 5.83. The molecule has 12 heteroatoms. The molecule has 38 heavy (non-hydrogen) atoms. The van der Waals surface area contributed by atoms with E-state index in [1.807, 2.05) is 0 Å². The molecular weight excluding hydrogens is 571 g/mol. The van der Waals surface area contributed by atoms with Gasteiger partial charge < -0.3 is 10.2 Å². The first-order valence-corrected chi connectivity index (χ1v) is 14.8. The van der Waals surface area contributed by atoms with E-state index in [0.29, 0.717) is 0 Å². The molecule has 0 amide bonds. The molecule has 0 aliphatic rings. The van der Waals surface area contributed by atoms with E-state index in [-0.39, 0.29) is 53.8 Å². The second kappa shape index (κ2) is 10.7. The van der Waals surface area contributed by atoms with Crippen molar-refractivity contribution in [2.24, 2.45) is 0 Å². The summed E-state index contributed by atoms with van der Waals surface area (Å²) in [6.45, 7) is 1.61. The Morgan fingerprint density at radius 1 is 0.632 bits per heavy atom. The van der Waals surface area contributed by atoms with Crippen LogP contribution >= 0.6 is 23.2 Å². The number of benzene rings is 4. The van der Waals surface area contributed by atoms with Crippen LogP contribution in [0, 0.1) is 0 Å². The Balaban J connectivity index is 1.72. The summed E-state index contributed by atoms with van der Waals surface area (Å²) in [5.41, 5.74) is 0.477. The Morgan fingerprint density at radius 3 is 1.32 bits per heavy atom. The van der Waals surface area contributed by atoms with Crippen molar-refractivity contribution < 1.29 is 27.0 Å². The van der Waals surface area contributed by atoms with E-state index in [0.717, 1.165) is 0 Å². The van der Waals surface area contributed by atoms with E-state index < -0.39 is 26.0 Å². The quantitative estimate of drug-likeness (QED) is 0.181. The summed E-state index contributed by atoms with van der Waals surface area (Å²) in [4.78, 5) is 0.0586.